The molecular weight excluding hydrogens is 420 g/mol. The van der Waals surface area contributed by atoms with Crippen molar-refractivity contribution in [3.8, 4) is 5.75 Å². The number of nitrogens with zero attached hydrogens (tertiary/aromatic N) is 2. The molecule has 33 heavy (non-hydrogen) atoms. The molecule has 5 atom stereocenters. The number of para-hydroxylation sites is 1. The third kappa shape index (κ3) is 4.09. The Morgan fingerprint density at radius 1 is 1.30 bits per heavy atom. The van der Waals surface area contributed by atoms with Gasteiger partial charge in [-0.15, -0.1) is 0 Å². The molecule has 3 aliphatic rings. The van der Waals surface area contributed by atoms with Gasteiger partial charge in [-0.1, -0.05) is 39.0 Å². The van der Waals surface area contributed by atoms with Crippen molar-refractivity contribution in [2.75, 3.05) is 6.54 Å². The zero-order valence-corrected chi connectivity index (χ0v) is 20.2. The molecule has 1 fully saturated rings. The quantitative estimate of drug-likeness (QED) is 0.608. The summed E-state index contributed by atoms with van der Waals surface area (Å²) in [4.78, 5) is 32.3. The van der Waals surface area contributed by atoms with E-state index in [4.69, 9.17) is 10.5 Å². The molecular formula is C25H36N4O4. The Balaban J connectivity index is 1.46. The maximum atomic E-state index is 13.2. The third-order valence-corrected chi connectivity index (χ3v) is 7.94. The highest BCUT2D eigenvalue weighted by Gasteiger charge is 2.55. The zero-order valence-electron chi connectivity index (χ0n) is 20.2. The van der Waals surface area contributed by atoms with Gasteiger partial charge in [-0.2, -0.15) is 0 Å². The summed E-state index contributed by atoms with van der Waals surface area (Å²) >= 11 is 0. The van der Waals surface area contributed by atoms with Crippen LogP contribution in [0.1, 0.15) is 65.5 Å². The molecule has 0 saturated heterocycles. The average molecular weight is 457 g/mol. The minimum Gasteiger partial charge on any atom is -0.485 e. The second kappa shape index (κ2) is 8.31. The summed E-state index contributed by atoms with van der Waals surface area (Å²) in [7, 11) is 0. The predicted octanol–water partition coefficient (Wildman–Crippen LogP) is 2.36. The lowest BCUT2D eigenvalue weighted by molar-refractivity contribution is -0.131. The summed E-state index contributed by atoms with van der Waals surface area (Å²) in [5, 5.41) is 14.0. The number of aliphatic hydroxyl groups excluding tert-OH is 1. The van der Waals surface area contributed by atoms with Gasteiger partial charge in [0.2, 0.25) is 11.8 Å². The van der Waals surface area contributed by atoms with Gasteiger partial charge >= 0.3 is 0 Å². The van der Waals surface area contributed by atoms with Gasteiger partial charge in [0.25, 0.3) is 0 Å². The summed E-state index contributed by atoms with van der Waals surface area (Å²) in [6, 6.07) is 6.89. The van der Waals surface area contributed by atoms with Gasteiger partial charge in [0.1, 0.15) is 17.5 Å². The number of hydrogen-bond acceptors (Lipinski definition) is 6. The Hall–Kier alpha value is -2.61. The summed E-state index contributed by atoms with van der Waals surface area (Å²) in [5.74, 6) is 0.620. The van der Waals surface area contributed by atoms with Gasteiger partial charge in [-0.3, -0.25) is 14.5 Å². The number of carbonyl (C=O) groups is 2. The van der Waals surface area contributed by atoms with Gasteiger partial charge < -0.3 is 20.9 Å². The second-order valence-corrected chi connectivity index (χ2v) is 10.3. The molecule has 2 amide bonds. The first kappa shape index (κ1) is 23.5. The summed E-state index contributed by atoms with van der Waals surface area (Å²) in [6.07, 6.45) is 0.977. The average Bonchev–Trinajstić information content (AvgIpc) is 3.42. The standard InChI is InChI=1S/C25H36N4O4/c1-6-25(7-2)12-18(30)29(23(26)28-25)13-16-14(3)19(16)22(32)27-20-15-10-8-9-11-17(15)33-24(4,5)21(20)31/h8-11,14,16,19-21,31H,6-7,12-13H2,1-5H3,(H2,26,28)(H,27,32). The number of nitrogens with two attached hydrogens (primary N) is 1. The van der Waals surface area contributed by atoms with E-state index in [0.29, 0.717) is 18.7 Å². The van der Waals surface area contributed by atoms with Crippen LogP contribution in [0.5, 0.6) is 5.75 Å². The Bertz CT molecular complexity index is 971. The fourth-order valence-electron chi connectivity index (χ4n) is 5.32. The van der Waals surface area contributed by atoms with E-state index >= 15 is 0 Å². The summed E-state index contributed by atoms with van der Waals surface area (Å²) in [6.45, 7) is 10.1. The Labute approximate surface area is 195 Å². The van der Waals surface area contributed by atoms with Gasteiger partial charge in [0.05, 0.1) is 18.0 Å². The Morgan fingerprint density at radius 3 is 2.61 bits per heavy atom. The molecule has 2 heterocycles. The molecule has 2 aliphatic heterocycles. The molecule has 0 aromatic heterocycles. The fourth-order valence-corrected chi connectivity index (χ4v) is 5.32. The molecule has 0 bridgehead atoms. The van der Waals surface area contributed by atoms with Crippen molar-refractivity contribution in [3.63, 3.8) is 0 Å². The minimum atomic E-state index is -0.897. The molecule has 8 heteroatoms. The maximum Gasteiger partial charge on any atom is 0.231 e. The van der Waals surface area contributed by atoms with Crippen molar-refractivity contribution in [1.29, 1.82) is 0 Å². The van der Waals surface area contributed by atoms with Crippen LogP contribution in [0.2, 0.25) is 0 Å². The lowest BCUT2D eigenvalue weighted by Gasteiger charge is -2.42. The fraction of sp³-hybridized carbons (Fsp3) is 0.640. The molecule has 1 aliphatic carbocycles. The summed E-state index contributed by atoms with van der Waals surface area (Å²) < 4.78 is 5.95. The van der Waals surface area contributed by atoms with Crippen molar-refractivity contribution < 1.29 is 19.4 Å². The van der Waals surface area contributed by atoms with Crippen LogP contribution in [0.25, 0.3) is 0 Å². The first-order chi connectivity index (χ1) is 15.5. The summed E-state index contributed by atoms with van der Waals surface area (Å²) in [5.41, 5.74) is 5.71. The monoisotopic (exact) mass is 456 g/mol. The molecule has 0 spiro atoms. The Morgan fingerprint density at radius 2 is 1.97 bits per heavy atom. The highest BCUT2D eigenvalue weighted by molar-refractivity contribution is 5.99. The first-order valence-corrected chi connectivity index (χ1v) is 12.0. The van der Waals surface area contributed by atoms with Crippen molar-refractivity contribution in [3.05, 3.63) is 29.8 Å². The van der Waals surface area contributed by atoms with Gasteiger partial charge in [0.15, 0.2) is 5.96 Å². The minimum absolute atomic E-state index is 0.00121. The highest BCUT2D eigenvalue weighted by Crippen LogP contribution is 2.48. The van der Waals surface area contributed by atoms with Crippen LogP contribution in [0.3, 0.4) is 0 Å². The number of carbonyl (C=O) groups excluding carboxylic acids is 2. The van der Waals surface area contributed by atoms with Gasteiger partial charge in [-0.25, -0.2) is 4.99 Å². The van der Waals surface area contributed by atoms with E-state index in [1.807, 2.05) is 58.9 Å². The van der Waals surface area contributed by atoms with Crippen LogP contribution in [-0.2, 0) is 9.59 Å². The van der Waals surface area contributed by atoms with Crippen LogP contribution < -0.4 is 15.8 Å². The largest absolute Gasteiger partial charge is 0.485 e. The number of ether oxygens (including phenoxy) is 1. The van der Waals surface area contributed by atoms with Crippen LogP contribution in [0, 0.1) is 17.8 Å². The molecule has 1 aromatic rings. The normalized spacial score (nSPS) is 31.8. The SMILES string of the molecule is CCC1(CC)CC(=O)N(CC2C(C)C2C(=O)NC2c3ccccc3OC(C)(C)C2O)C(N)=N1. The molecule has 0 radical (unpaired) electrons. The van der Waals surface area contributed by atoms with Crippen molar-refractivity contribution >= 4 is 17.8 Å². The number of nitrogens with one attached hydrogen (secondary N) is 1. The topological polar surface area (TPSA) is 117 Å². The van der Waals surface area contributed by atoms with E-state index < -0.39 is 23.3 Å². The third-order valence-electron chi connectivity index (χ3n) is 7.94. The number of hydrogen-bond donors (Lipinski definition) is 3. The highest BCUT2D eigenvalue weighted by atomic mass is 16.5. The predicted molar refractivity (Wildman–Crippen MR) is 125 cm³/mol. The van der Waals surface area contributed by atoms with Crippen LogP contribution >= 0.6 is 0 Å². The second-order valence-electron chi connectivity index (χ2n) is 10.3. The van der Waals surface area contributed by atoms with Crippen molar-refractivity contribution in [2.45, 2.75) is 77.2 Å². The van der Waals surface area contributed by atoms with Crippen molar-refractivity contribution in [1.82, 2.24) is 10.2 Å². The van der Waals surface area contributed by atoms with E-state index in [9.17, 15) is 14.7 Å². The van der Waals surface area contributed by atoms with E-state index in [1.165, 1.54) is 0 Å². The van der Waals surface area contributed by atoms with Crippen LogP contribution in [0.15, 0.2) is 29.3 Å². The molecule has 4 rings (SSSR count). The zero-order chi connectivity index (χ0) is 24.1. The number of aliphatic imine (C=N–C) groups is 1. The lowest BCUT2D eigenvalue weighted by Crippen LogP contribution is -2.54. The molecule has 8 nitrogen and oxygen atoms in total. The number of guanidine groups is 1. The Kier molecular flexibility index (Phi) is 5.93. The lowest BCUT2D eigenvalue weighted by atomic mass is 9.86. The number of aliphatic hydroxyl groups is 1. The van der Waals surface area contributed by atoms with E-state index in [0.717, 1.165) is 18.4 Å². The number of fused-ring (bicyclic) bond motifs is 1. The van der Waals surface area contributed by atoms with E-state index in [-0.39, 0.29) is 35.5 Å². The van der Waals surface area contributed by atoms with E-state index in [1.54, 1.807) is 4.90 Å². The molecule has 180 valence electrons. The molecule has 1 aromatic carbocycles. The number of rotatable bonds is 6. The van der Waals surface area contributed by atoms with Crippen LogP contribution in [0.4, 0.5) is 0 Å². The molecule has 4 N–H and O–H groups in total. The van der Waals surface area contributed by atoms with Crippen molar-refractivity contribution in [2.24, 2.45) is 28.5 Å². The molecule has 1 saturated carbocycles. The number of benzene rings is 1. The molecule has 5 unspecified atom stereocenters. The number of amides is 2. The van der Waals surface area contributed by atoms with Crippen LogP contribution in [-0.4, -0.2) is 51.6 Å². The smallest absolute Gasteiger partial charge is 0.231 e. The van der Waals surface area contributed by atoms with Gasteiger partial charge in [-0.05, 0) is 44.6 Å². The first-order valence-electron chi connectivity index (χ1n) is 12.0. The van der Waals surface area contributed by atoms with E-state index in [2.05, 4.69) is 10.3 Å². The van der Waals surface area contributed by atoms with Gasteiger partial charge in [0, 0.05) is 18.0 Å². The maximum absolute atomic E-state index is 13.2.